The van der Waals surface area contributed by atoms with Crippen LogP contribution >= 0.6 is 11.6 Å². The standard InChI is InChI=1S/C11H16ClNO/c1-3-9(13)6-8-4-5-11(14-2)10(12)7-8/h4-5,7,9H,3,6,13H2,1-2H3. The predicted octanol–water partition coefficient (Wildman–Crippen LogP) is 2.63. The molecule has 1 rings (SSSR count). The highest BCUT2D eigenvalue weighted by Gasteiger charge is 2.04. The summed E-state index contributed by atoms with van der Waals surface area (Å²) in [5.41, 5.74) is 7.01. The van der Waals surface area contributed by atoms with Crippen LogP contribution in [0.25, 0.3) is 0 Å². The number of hydrogen-bond acceptors (Lipinski definition) is 2. The lowest BCUT2D eigenvalue weighted by Gasteiger charge is -2.10. The molecule has 78 valence electrons. The number of benzene rings is 1. The second-order valence-corrected chi connectivity index (χ2v) is 3.75. The van der Waals surface area contributed by atoms with Crippen molar-refractivity contribution >= 4 is 11.6 Å². The topological polar surface area (TPSA) is 35.2 Å². The summed E-state index contributed by atoms with van der Waals surface area (Å²) in [6, 6.07) is 6.00. The fourth-order valence-electron chi connectivity index (χ4n) is 1.28. The first-order valence-corrected chi connectivity index (χ1v) is 5.13. The van der Waals surface area contributed by atoms with Gasteiger partial charge in [-0.25, -0.2) is 0 Å². The lowest BCUT2D eigenvalue weighted by atomic mass is 10.0. The Hall–Kier alpha value is -0.730. The van der Waals surface area contributed by atoms with Crippen molar-refractivity contribution in [3.8, 4) is 5.75 Å². The van der Waals surface area contributed by atoms with Crippen molar-refractivity contribution in [2.45, 2.75) is 25.8 Å². The summed E-state index contributed by atoms with van der Waals surface area (Å²) in [4.78, 5) is 0. The monoisotopic (exact) mass is 213 g/mol. The van der Waals surface area contributed by atoms with Crippen LogP contribution in [-0.4, -0.2) is 13.2 Å². The molecule has 1 unspecified atom stereocenters. The number of halogens is 1. The van der Waals surface area contributed by atoms with Crippen molar-refractivity contribution in [2.24, 2.45) is 5.73 Å². The minimum atomic E-state index is 0.208. The molecule has 0 aromatic heterocycles. The van der Waals surface area contributed by atoms with Crippen molar-refractivity contribution < 1.29 is 4.74 Å². The minimum absolute atomic E-state index is 0.208. The molecule has 14 heavy (non-hydrogen) atoms. The van der Waals surface area contributed by atoms with Gasteiger partial charge < -0.3 is 10.5 Å². The summed E-state index contributed by atoms with van der Waals surface area (Å²) >= 11 is 5.99. The summed E-state index contributed by atoms with van der Waals surface area (Å²) in [7, 11) is 1.61. The summed E-state index contributed by atoms with van der Waals surface area (Å²) in [5.74, 6) is 0.709. The lowest BCUT2D eigenvalue weighted by molar-refractivity contribution is 0.415. The first-order valence-electron chi connectivity index (χ1n) is 4.75. The second kappa shape index (κ2) is 5.23. The molecule has 0 heterocycles. The number of rotatable bonds is 4. The van der Waals surface area contributed by atoms with Gasteiger partial charge in [-0.1, -0.05) is 24.6 Å². The van der Waals surface area contributed by atoms with Crippen molar-refractivity contribution in [2.75, 3.05) is 7.11 Å². The Morgan fingerprint density at radius 3 is 2.71 bits per heavy atom. The van der Waals surface area contributed by atoms with Crippen LogP contribution in [0, 0.1) is 0 Å². The molecular weight excluding hydrogens is 198 g/mol. The van der Waals surface area contributed by atoms with Gasteiger partial charge in [0.1, 0.15) is 5.75 Å². The minimum Gasteiger partial charge on any atom is -0.495 e. The van der Waals surface area contributed by atoms with Gasteiger partial charge in [-0.2, -0.15) is 0 Å². The van der Waals surface area contributed by atoms with Crippen LogP contribution in [0.1, 0.15) is 18.9 Å². The zero-order valence-electron chi connectivity index (χ0n) is 8.59. The maximum Gasteiger partial charge on any atom is 0.137 e. The molecule has 1 aromatic rings. The maximum atomic E-state index is 5.99. The van der Waals surface area contributed by atoms with E-state index < -0.39 is 0 Å². The van der Waals surface area contributed by atoms with E-state index in [0.717, 1.165) is 18.4 Å². The molecule has 2 N–H and O–H groups in total. The molecule has 0 bridgehead atoms. The van der Waals surface area contributed by atoms with Gasteiger partial charge in [0.05, 0.1) is 12.1 Å². The van der Waals surface area contributed by atoms with E-state index in [1.165, 1.54) is 0 Å². The third-order valence-electron chi connectivity index (χ3n) is 2.24. The highest BCUT2D eigenvalue weighted by molar-refractivity contribution is 6.32. The zero-order valence-corrected chi connectivity index (χ0v) is 9.34. The molecule has 0 fully saturated rings. The first-order chi connectivity index (χ1) is 6.67. The van der Waals surface area contributed by atoms with Crippen molar-refractivity contribution in [3.05, 3.63) is 28.8 Å². The van der Waals surface area contributed by atoms with E-state index in [9.17, 15) is 0 Å². The van der Waals surface area contributed by atoms with Crippen LogP contribution in [0.3, 0.4) is 0 Å². The molecule has 0 saturated carbocycles. The number of methoxy groups -OCH3 is 1. The summed E-state index contributed by atoms with van der Waals surface area (Å²) in [6.07, 6.45) is 1.84. The Morgan fingerprint density at radius 1 is 1.50 bits per heavy atom. The lowest BCUT2D eigenvalue weighted by Crippen LogP contribution is -2.21. The molecule has 1 aromatic carbocycles. The average Bonchev–Trinajstić information content (AvgIpc) is 2.18. The van der Waals surface area contributed by atoms with Gasteiger partial charge in [-0.05, 0) is 30.5 Å². The molecule has 3 heteroatoms. The van der Waals surface area contributed by atoms with E-state index >= 15 is 0 Å². The summed E-state index contributed by atoms with van der Waals surface area (Å²) in [5, 5.41) is 0.647. The molecule has 0 aliphatic carbocycles. The first kappa shape index (κ1) is 11.3. The molecule has 2 nitrogen and oxygen atoms in total. The van der Waals surface area contributed by atoms with Gasteiger partial charge in [0.15, 0.2) is 0 Å². The zero-order chi connectivity index (χ0) is 10.6. The number of ether oxygens (including phenoxy) is 1. The van der Waals surface area contributed by atoms with Gasteiger partial charge in [0.2, 0.25) is 0 Å². The van der Waals surface area contributed by atoms with Crippen LogP contribution in [0.2, 0.25) is 5.02 Å². The fourth-order valence-corrected chi connectivity index (χ4v) is 1.56. The summed E-state index contributed by atoms with van der Waals surface area (Å²) in [6.45, 7) is 2.08. The normalized spacial score (nSPS) is 12.6. The molecule has 0 saturated heterocycles. The predicted molar refractivity (Wildman–Crippen MR) is 60.0 cm³/mol. The van der Waals surface area contributed by atoms with Crippen molar-refractivity contribution in [1.82, 2.24) is 0 Å². The number of nitrogens with two attached hydrogens (primary N) is 1. The van der Waals surface area contributed by atoms with E-state index in [4.69, 9.17) is 22.1 Å². The van der Waals surface area contributed by atoms with E-state index in [2.05, 4.69) is 6.92 Å². The molecule has 0 spiro atoms. The van der Waals surface area contributed by atoms with Crippen LogP contribution in [0.5, 0.6) is 5.75 Å². The highest BCUT2D eigenvalue weighted by Crippen LogP contribution is 2.25. The molecular formula is C11H16ClNO. The fraction of sp³-hybridized carbons (Fsp3) is 0.455. The third-order valence-corrected chi connectivity index (χ3v) is 2.53. The van der Waals surface area contributed by atoms with Gasteiger partial charge in [0, 0.05) is 6.04 Å². The van der Waals surface area contributed by atoms with Gasteiger partial charge in [-0.3, -0.25) is 0 Å². The quantitative estimate of drug-likeness (QED) is 0.835. The number of hydrogen-bond donors (Lipinski definition) is 1. The molecule has 0 aliphatic heterocycles. The molecule has 0 aliphatic rings. The van der Waals surface area contributed by atoms with E-state index in [-0.39, 0.29) is 6.04 Å². The van der Waals surface area contributed by atoms with Gasteiger partial charge in [-0.15, -0.1) is 0 Å². The summed E-state index contributed by atoms with van der Waals surface area (Å²) < 4.78 is 5.07. The Morgan fingerprint density at radius 2 is 2.21 bits per heavy atom. The van der Waals surface area contributed by atoms with Gasteiger partial charge in [0.25, 0.3) is 0 Å². The van der Waals surface area contributed by atoms with Crippen LogP contribution < -0.4 is 10.5 Å². The van der Waals surface area contributed by atoms with Crippen LogP contribution in [0.15, 0.2) is 18.2 Å². The SMILES string of the molecule is CCC(N)Cc1ccc(OC)c(Cl)c1. The van der Waals surface area contributed by atoms with Crippen LogP contribution in [0.4, 0.5) is 0 Å². The Labute approximate surface area is 90.0 Å². The van der Waals surface area contributed by atoms with Gasteiger partial charge >= 0.3 is 0 Å². The molecule has 1 atom stereocenters. The maximum absolute atomic E-state index is 5.99. The van der Waals surface area contributed by atoms with E-state index in [0.29, 0.717) is 10.8 Å². The average molecular weight is 214 g/mol. The second-order valence-electron chi connectivity index (χ2n) is 3.34. The Kier molecular flexibility index (Phi) is 4.23. The Bertz CT molecular complexity index is 301. The highest BCUT2D eigenvalue weighted by atomic mass is 35.5. The molecule has 0 radical (unpaired) electrons. The van der Waals surface area contributed by atoms with E-state index in [1.54, 1.807) is 7.11 Å². The third kappa shape index (κ3) is 2.89. The van der Waals surface area contributed by atoms with E-state index in [1.807, 2.05) is 18.2 Å². The molecule has 0 amide bonds. The van der Waals surface area contributed by atoms with Crippen molar-refractivity contribution in [3.63, 3.8) is 0 Å². The largest absolute Gasteiger partial charge is 0.495 e. The smallest absolute Gasteiger partial charge is 0.137 e. The van der Waals surface area contributed by atoms with Crippen molar-refractivity contribution in [1.29, 1.82) is 0 Å². The van der Waals surface area contributed by atoms with Crippen LogP contribution in [-0.2, 0) is 6.42 Å². The Balaban J connectivity index is 2.76.